The van der Waals surface area contributed by atoms with Crippen molar-refractivity contribution in [2.75, 3.05) is 0 Å². The summed E-state index contributed by atoms with van der Waals surface area (Å²) >= 11 is 0. The lowest BCUT2D eigenvalue weighted by Crippen LogP contribution is -2.60. The summed E-state index contributed by atoms with van der Waals surface area (Å²) in [5, 5.41) is 2.79. The molecule has 1 spiro atoms. The number of hydrogen-bond acceptors (Lipinski definition) is 6. The summed E-state index contributed by atoms with van der Waals surface area (Å²) in [7, 11) is 0. The van der Waals surface area contributed by atoms with E-state index in [0.29, 0.717) is 6.42 Å². The van der Waals surface area contributed by atoms with E-state index in [1.165, 1.54) is 11.1 Å². The Hall–Kier alpha value is -3.36. The summed E-state index contributed by atoms with van der Waals surface area (Å²) in [5.74, 6) is -0.493. The molecule has 1 aliphatic heterocycles. The van der Waals surface area contributed by atoms with Gasteiger partial charge in [-0.2, -0.15) is 0 Å². The Morgan fingerprint density at radius 1 is 1.35 bits per heavy atom. The molecule has 4 rings (SSSR count). The maximum absolute atomic E-state index is 12.8. The summed E-state index contributed by atoms with van der Waals surface area (Å²) in [5.41, 5.74) is 12.1. The van der Waals surface area contributed by atoms with Crippen LogP contribution in [0.1, 0.15) is 49.4 Å². The number of amides is 4. The summed E-state index contributed by atoms with van der Waals surface area (Å²) in [6, 6.07) is 2.26. The monoisotopic (exact) mass is 425 g/mol. The SMILES string of the molecule is C/C=C(\C=C/N)CC1NC(=O)N(C2CC3(CC(Oc4ncccc4C(N)=O)C3)C2)C1=O. The summed E-state index contributed by atoms with van der Waals surface area (Å²) in [4.78, 5) is 42.3. The fourth-order valence-corrected chi connectivity index (χ4v) is 4.95. The Morgan fingerprint density at radius 2 is 2.10 bits per heavy atom. The average molecular weight is 425 g/mol. The van der Waals surface area contributed by atoms with Crippen molar-refractivity contribution in [2.24, 2.45) is 16.9 Å². The van der Waals surface area contributed by atoms with Gasteiger partial charge in [0, 0.05) is 18.7 Å². The van der Waals surface area contributed by atoms with Crippen molar-refractivity contribution in [3.63, 3.8) is 0 Å². The highest BCUT2D eigenvalue weighted by Gasteiger charge is 2.58. The van der Waals surface area contributed by atoms with Crippen molar-refractivity contribution in [3.8, 4) is 5.88 Å². The van der Waals surface area contributed by atoms with Gasteiger partial charge in [-0.1, -0.05) is 6.08 Å². The van der Waals surface area contributed by atoms with Gasteiger partial charge in [0.2, 0.25) is 5.88 Å². The first-order chi connectivity index (χ1) is 14.9. The highest BCUT2D eigenvalue weighted by molar-refractivity contribution is 6.04. The van der Waals surface area contributed by atoms with Gasteiger partial charge in [-0.15, -0.1) is 0 Å². The van der Waals surface area contributed by atoms with E-state index >= 15 is 0 Å². The number of allylic oxidation sites excluding steroid dienone is 2. The van der Waals surface area contributed by atoms with Gasteiger partial charge in [-0.3, -0.25) is 14.5 Å². The van der Waals surface area contributed by atoms with Crippen molar-refractivity contribution in [2.45, 2.75) is 57.2 Å². The van der Waals surface area contributed by atoms with E-state index in [1.54, 1.807) is 24.4 Å². The molecule has 1 aromatic rings. The molecule has 2 heterocycles. The molecule has 0 bridgehead atoms. The van der Waals surface area contributed by atoms with Crippen molar-refractivity contribution in [3.05, 3.63) is 47.8 Å². The molecule has 0 radical (unpaired) electrons. The number of nitrogens with two attached hydrogens (primary N) is 2. The molecule has 0 aromatic carbocycles. The Bertz CT molecular complexity index is 958. The van der Waals surface area contributed by atoms with Crippen molar-refractivity contribution in [1.82, 2.24) is 15.2 Å². The number of nitrogens with one attached hydrogen (secondary N) is 1. The van der Waals surface area contributed by atoms with E-state index in [4.69, 9.17) is 16.2 Å². The predicted molar refractivity (Wildman–Crippen MR) is 113 cm³/mol. The minimum atomic E-state index is -0.572. The van der Waals surface area contributed by atoms with Gasteiger partial charge < -0.3 is 21.5 Å². The van der Waals surface area contributed by atoms with E-state index in [2.05, 4.69) is 10.3 Å². The van der Waals surface area contributed by atoms with Gasteiger partial charge in [-0.25, -0.2) is 9.78 Å². The van der Waals surface area contributed by atoms with E-state index in [9.17, 15) is 14.4 Å². The normalized spacial score (nSPS) is 30.3. The number of aromatic nitrogens is 1. The fourth-order valence-electron chi connectivity index (χ4n) is 4.95. The van der Waals surface area contributed by atoms with Crippen molar-refractivity contribution in [1.29, 1.82) is 0 Å². The van der Waals surface area contributed by atoms with Crippen LogP contribution in [-0.4, -0.2) is 45.9 Å². The molecule has 164 valence electrons. The van der Waals surface area contributed by atoms with Crippen LogP contribution in [0.3, 0.4) is 0 Å². The van der Waals surface area contributed by atoms with Crippen LogP contribution < -0.4 is 21.5 Å². The van der Waals surface area contributed by atoms with Gasteiger partial charge in [-0.05, 0) is 68.0 Å². The molecule has 31 heavy (non-hydrogen) atoms. The van der Waals surface area contributed by atoms with Crippen LogP contribution in [0.5, 0.6) is 5.88 Å². The molecule has 9 nitrogen and oxygen atoms in total. The number of urea groups is 1. The highest BCUT2D eigenvalue weighted by Crippen LogP contribution is 2.58. The lowest BCUT2D eigenvalue weighted by Gasteiger charge is -2.58. The third-order valence-corrected chi connectivity index (χ3v) is 6.51. The Morgan fingerprint density at radius 3 is 2.74 bits per heavy atom. The lowest BCUT2D eigenvalue weighted by atomic mass is 9.52. The second kappa shape index (κ2) is 8.05. The quantitative estimate of drug-likeness (QED) is 0.448. The Labute approximate surface area is 180 Å². The van der Waals surface area contributed by atoms with Gasteiger partial charge in [0.1, 0.15) is 17.7 Å². The number of pyridine rings is 1. The maximum atomic E-state index is 12.8. The van der Waals surface area contributed by atoms with Crippen LogP contribution in [0, 0.1) is 5.41 Å². The molecule has 1 aromatic heterocycles. The molecule has 9 heteroatoms. The van der Waals surface area contributed by atoms with Crippen molar-refractivity contribution >= 4 is 17.8 Å². The first kappa shape index (κ1) is 20.9. The molecule has 1 saturated heterocycles. The molecule has 2 saturated carbocycles. The third-order valence-electron chi connectivity index (χ3n) is 6.51. The number of carbonyl (C=O) groups is 3. The lowest BCUT2D eigenvalue weighted by molar-refractivity contribution is -0.140. The van der Waals surface area contributed by atoms with E-state index < -0.39 is 11.9 Å². The topological polar surface area (TPSA) is 141 Å². The Kier molecular flexibility index (Phi) is 5.43. The first-order valence-corrected chi connectivity index (χ1v) is 10.4. The molecular weight excluding hydrogens is 398 g/mol. The number of rotatable bonds is 7. The second-order valence-electron chi connectivity index (χ2n) is 8.57. The van der Waals surface area contributed by atoms with E-state index in [-0.39, 0.29) is 40.9 Å². The van der Waals surface area contributed by atoms with Crippen LogP contribution in [0.25, 0.3) is 0 Å². The van der Waals surface area contributed by atoms with Crippen molar-refractivity contribution < 1.29 is 19.1 Å². The van der Waals surface area contributed by atoms with Crippen LogP contribution in [0.15, 0.2) is 42.3 Å². The van der Waals surface area contributed by atoms with Crippen LogP contribution in [0.2, 0.25) is 0 Å². The van der Waals surface area contributed by atoms with E-state index in [0.717, 1.165) is 31.3 Å². The number of nitrogens with zero attached hydrogens (tertiary/aromatic N) is 2. The molecular formula is C22H27N5O4. The predicted octanol–water partition coefficient (Wildman–Crippen LogP) is 1.60. The smallest absolute Gasteiger partial charge is 0.325 e. The molecule has 3 fully saturated rings. The zero-order valence-electron chi connectivity index (χ0n) is 17.4. The summed E-state index contributed by atoms with van der Waals surface area (Å²) in [6.45, 7) is 1.87. The number of ether oxygens (including phenoxy) is 1. The fraction of sp³-hybridized carbons (Fsp3) is 0.455. The number of carbonyl (C=O) groups excluding carboxylic acids is 3. The van der Waals surface area contributed by atoms with E-state index in [1.807, 2.05) is 13.0 Å². The van der Waals surface area contributed by atoms with Crippen LogP contribution in [0.4, 0.5) is 4.79 Å². The van der Waals surface area contributed by atoms with Gasteiger partial charge in [0.05, 0.1) is 0 Å². The molecule has 5 N–H and O–H groups in total. The Balaban J connectivity index is 1.31. The zero-order valence-corrected chi connectivity index (χ0v) is 17.4. The van der Waals surface area contributed by atoms with Gasteiger partial charge in [0.25, 0.3) is 11.8 Å². The molecule has 4 amide bonds. The van der Waals surface area contributed by atoms with Crippen LogP contribution >= 0.6 is 0 Å². The standard InChI is InChI=1S/C22H27N5O4/c1-2-13(5-6-23)8-17-20(29)27(21(30)26-17)14-9-22(10-14)11-15(12-22)31-19-16(18(24)28)4-3-7-25-19/h2-7,14-15,17H,8-12,23H2,1H3,(H2,24,28)(H,26,30)/b6-5-,13-2+. The summed E-state index contributed by atoms with van der Waals surface area (Å²) in [6.07, 6.45) is 10.1. The third kappa shape index (κ3) is 3.87. The summed E-state index contributed by atoms with van der Waals surface area (Å²) < 4.78 is 5.88. The molecule has 1 atom stereocenters. The molecule has 2 aliphatic carbocycles. The molecule has 3 aliphatic rings. The minimum absolute atomic E-state index is 0.0508. The second-order valence-corrected chi connectivity index (χ2v) is 8.57. The average Bonchev–Trinajstić information content (AvgIpc) is 2.95. The highest BCUT2D eigenvalue weighted by atomic mass is 16.5. The number of hydrogen-bond donors (Lipinski definition) is 3. The number of imide groups is 1. The van der Waals surface area contributed by atoms with Gasteiger partial charge >= 0.3 is 6.03 Å². The zero-order chi connectivity index (χ0) is 22.2. The van der Waals surface area contributed by atoms with Crippen LogP contribution in [-0.2, 0) is 4.79 Å². The maximum Gasteiger partial charge on any atom is 0.325 e. The first-order valence-electron chi connectivity index (χ1n) is 10.4. The minimum Gasteiger partial charge on any atom is -0.474 e. The molecule has 1 unspecified atom stereocenters. The van der Waals surface area contributed by atoms with Gasteiger partial charge in [0.15, 0.2) is 0 Å². The number of primary amides is 1. The largest absolute Gasteiger partial charge is 0.474 e.